The molecule has 1 aromatic rings. The molecule has 3 unspecified atom stereocenters. The van der Waals surface area contributed by atoms with Crippen molar-refractivity contribution in [2.45, 2.75) is 58.9 Å². The molecule has 136 valence electrons. The van der Waals surface area contributed by atoms with Gasteiger partial charge in [0.05, 0.1) is 22.5 Å². The third-order valence-corrected chi connectivity index (χ3v) is 5.80. The lowest BCUT2D eigenvalue weighted by Crippen LogP contribution is -2.44. The summed E-state index contributed by atoms with van der Waals surface area (Å²) in [5.41, 5.74) is 2.68. The highest BCUT2D eigenvalue weighted by Gasteiger charge is 2.50. The number of aryl methyl sites for hydroxylation is 2. The molecule has 2 amide bonds. The van der Waals surface area contributed by atoms with E-state index in [0.29, 0.717) is 23.2 Å². The maximum Gasteiger partial charge on any atom is 0.228 e. The largest absolute Gasteiger partial charge is 0.339 e. The first-order chi connectivity index (χ1) is 11.9. The summed E-state index contributed by atoms with van der Waals surface area (Å²) in [6.07, 6.45) is 5.00. The van der Waals surface area contributed by atoms with Crippen molar-refractivity contribution in [2.75, 3.05) is 11.9 Å². The molecule has 1 saturated carbocycles. The molecule has 1 N–H and O–H groups in total. The van der Waals surface area contributed by atoms with Crippen molar-refractivity contribution in [3.8, 4) is 0 Å². The van der Waals surface area contributed by atoms with E-state index in [2.05, 4.69) is 12.2 Å². The van der Waals surface area contributed by atoms with Crippen LogP contribution in [0.4, 0.5) is 5.69 Å². The van der Waals surface area contributed by atoms with Crippen molar-refractivity contribution in [3.63, 3.8) is 0 Å². The summed E-state index contributed by atoms with van der Waals surface area (Å²) in [5, 5.41) is 3.49. The second-order valence-electron chi connectivity index (χ2n) is 7.47. The lowest BCUT2D eigenvalue weighted by Gasteiger charge is -2.35. The number of benzene rings is 1. The summed E-state index contributed by atoms with van der Waals surface area (Å²) in [4.78, 5) is 27.4. The summed E-state index contributed by atoms with van der Waals surface area (Å²) in [5.74, 6) is -0.295. The number of hydrogen-bond donors (Lipinski definition) is 1. The smallest absolute Gasteiger partial charge is 0.228 e. The van der Waals surface area contributed by atoms with Crippen molar-refractivity contribution in [3.05, 3.63) is 28.3 Å². The quantitative estimate of drug-likeness (QED) is 0.866. The molecular formula is C20H27ClN2O2. The molecule has 5 heteroatoms. The molecule has 4 nitrogen and oxygen atoms in total. The van der Waals surface area contributed by atoms with Gasteiger partial charge in [-0.2, -0.15) is 0 Å². The van der Waals surface area contributed by atoms with Crippen LogP contribution in [0.3, 0.4) is 0 Å². The number of anilines is 1. The lowest BCUT2D eigenvalue weighted by atomic mass is 9.99. The molecule has 1 aromatic carbocycles. The summed E-state index contributed by atoms with van der Waals surface area (Å²) >= 11 is 6.27. The van der Waals surface area contributed by atoms with Gasteiger partial charge >= 0.3 is 0 Å². The first kappa shape index (κ1) is 18.2. The van der Waals surface area contributed by atoms with Gasteiger partial charge in [0.25, 0.3) is 0 Å². The van der Waals surface area contributed by atoms with Crippen LogP contribution in [0.2, 0.25) is 5.02 Å². The molecule has 0 spiro atoms. The number of carbonyl (C=O) groups excluding carboxylic acids is 2. The number of carbonyl (C=O) groups is 2. The van der Waals surface area contributed by atoms with Crippen molar-refractivity contribution in [2.24, 2.45) is 11.8 Å². The Morgan fingerprint density at radius 2 is 2.00 bits per heavy atom. The van der Waals surface area contributed by atoms with Crippen LogP contribution in [0.15, 0.2) is 12.1 Å². The van der Waals surface area contributed by atoms with Gasteiger partial charge in [0.1, 0.15) is 0 Å². The average Bonchev–Trinajstić information content (AvgIpc) is 3.38. The van der Waals surface area contributed by atoms with Crippen LogP contribution < -0.4 is 5.32 Å². The Balaban J connectivity index is 1.63. The number of halogens is 1. The van der Waals surface area contributed by atoms with E-state index in [1.54, 1.807) is 0 Å². The number of rotatable bonds is 4. The van der Waals surface area contributed by atoms with E-state index < -0.39 is 0 Å². The Kier molecular flexibility index (Phi) is 5.38. The SMILES string of the molecule is CCC1CCCCN1C(=O)C1CC1C(=O)Nc1c(C)cc(C)cc1Cl. The van der Waals surface area contributed by atoms with E-state index in [1.807, 2.05) is 30.9 Å². The zero-order valence-corrected chi connectivity index (χ0v) is 16.0. The minimum atomic E-state index is -0.219. The number of amides is 2. The third-order valence-electron chi connectivity index (χ3n) is 5.51. The molecule has 0 bridgehead atoms. The normalized spacial score (nSPS) is 25.6. The van der Waals surface area contributed by atoms with E-state index in [4.69, 9.17) is 11.6 Å². The summed E-state index contributed by atoms with van der Waals surface area (Å²) in [6.45, 7) is 6.88. The van der Waals surface area contributed by atoms with Gasteiger partial charge in [-0.15, -0.1) is 0 Å². The molecule has 1 heterocycles. The highest BCUT2D eigenvalue weighted by Crippen LogP contribution is 2.42. The van der Waals surface area contributed by atoms with Gasteiger partial charge in [0.2, 0.25) is 11.8 Å². The Hall–Kier alpha value is -1.55. The Morgan fingerprint density at radius 3 is 2.68 bits per heavy atom. The van der Waals surface area contributed by atoms with Crippen LogP contribution in [-0.2, 0) is 9.59 Å². The molecule has 3 rings (SSSR count). The molecule has 0 aromatic heterocycles. The molecular weight excluding hydrogens is 336 g/mol. The standard InChI is InChI=1S/C20H27ClN2O2/c1-4-14-7-5-6-8-23(14)20(25)16-11-15(16)19(24)22-18-13(3)9-12(2)10-17(18)21/h9-10,14-16H,4-8,11H2,1-3H3,(H,22,24). The summed E-state index contributed by atoms with van der Waals surface area (Å²) in [7, 11) is 0. The maximum absolute atomic E-state index is 12.8. The van der Waals surface area contributed by atoms with Gasteiger partial charge in [-0.25, -0.2) is 0 Å². The van der Waals surface area contributed by atoms with Crippen LogP contribution in [0.1, 0.15) is 50.2 Å². The molecule has 1 aliphatic heterocycles. The van der Waals surface area contributed by atoms with Crippen molar-refractivity contribution in [1.82, 2.24) is 4.90 Å². The summed E-state index contributed by atoms with van der Waals surface area (Å²) < 4.78 is 0. The van der Waals surface area contributed by atoms with Crippen molar-refractivity contribution < 1.29 is 9.59 Å². The van der Waals surface area contributed by atoms with Crippen LogP contribution in [-0.4, -0.2) is 29.3 Å². The second-order valence-corrected chi connectivity index (χ2v) is 7.87. The fourth-order valence-electron chi connectivity index (χ4n) is 3.98. The zero-order chi connectivity index (χ0) is 18.1. The molecule has 3 atom stereocenters. The number of nitrogens with zero attached hydrogens (tertiary/aromatic N) is 1. The molecule has 1 saturated heterocycles. The zero-order valence-electron chi connectivity index (χ0n) is 15.3. The van der Waals surface area contributed by atoms with Gasteiger partial charge in [0, 0.05) is 12.6 Å². The Bertz CT molecular complexity index is 665. The predicted molar refractivity (Wildman–Crippen MR) is 101 cm³/mol. The van der Waals surface area contributed by atoms with Gasteiger partial charge in [-0.1, -0.05) is 24.6 Å². The average molecular weight is 363 g/mol. The molecule has 25 heavy (non-hydrogen) atoms. The van der Waals surface area contributed by atoms with Crippen LogP contribution in [0.25, 0.3) is 0 Å². The number of nitrogens with one attached hydrogen (secondary N) is 1. The minimum absolute atomic E-state index is 0.0859. The van der Waals surface area contributed by atoms with Gasteiger partial charge in [-0.3, -0.25) is 9.59 Å². The summed E-state index contributed by atoms with van der Waals surface area (Å²) in [6, 6.07) is 4.19. The van der Waals surface area contributed by atoms with Gasteiger partial charge < -0.3 is 10.2 Å². The molecule has 1 aliphatic carbocycles. The highest BCUT2D eigenvalue weighted by molar-refractivity contribution is 6.34. The number of hydrogen-bond acceptors (Lipinski definition) is 2. The number of likely N-dealkylation sites (tertiary alicyclic amines) is 1. The first-order valence-electron chi connectivity index (χ1n) is 9.30. The molecule has 2 fully saturated rings. The van der Waals surface area contributed by atoms with Crippen LogP contribution in [0.5, 0.6) is 0 Å². The van der Waals surface area contributed by atoms with Crippen molar-refractivity contribution >= 4 is 29.1 Å². The second kappa shape index (κ2) is 7.36. The fourth-order valence-corrected chi connectivity index (χ4v) is 4.34. The fraction of sp³-hybridized carbons (Fsp3) is 0.600. The van der Waals surface area contributed by atoms with Gasteiger partial charge in [0.15, 0.2) is 0 Å². The first-order valence-corrected chi connectivity index (χ1v) is 9.68. The van der Waals surface area contributed by atoms with Crippen LogP contribution >= 0.6 is 11.6 Å². The Labute approximate surface area is 154 Å². The van der Waals surface area contributed by atoms with Gasteiger partial charge in [-0.05, 0) is 63.1 Å². The number of piperidine rings is 1. The van der Waals surface area contributed by atoms with E-state index in [0.717, 1.165) is 36.9 Å². The van der Waals surface area contributed by atoms with E-state index >= 15 is 0 Å². The van der Waals surface area contributed by atoms with E-state index in [1.165, 1.54) is 6.42 Å². The minimum Gasteiger partial charge on any atom is -0.339 e. The maximum atomic E-state index is 12.8. The monoisotopic (exact) mass is 362 g/mol. The van der Waals surface area contributed by atoms with E-state index in [9.17, 15) is 9.59 Å². The topological polar surface area (TPSA) is 49.4 Å². The van der Waals surface area contributed by atoms with Crippen LogP contribution in [0, 0.1) is 25.7 Å². The molecule has 0 radical (unpaired) electrons. The predicted octanol–water partition coefficient (Wildman–Crippen LogP) is 4.32. The molecule has 2 aliphatic rings. The highest BCUT2D eigenvalue weighted by atomic mass is 35.5. The Morgan fingerprint density at radius 1 is 1.24 bits per heavy atom. The van der Waals surface area contributed by atoms with E-state index in [-0.39, 0.29) is 23.7 Å². The lowest BCUT2D eigenvalue weighted by molar-refractivity contribution is -0.137. The third kappa shape index (κ3) is 3.84. The van der Waals surface area contributed by atoms with Crippen molar-refractivity contribution in [1.29, 1.82) is 0 Å².